The predicted octanol–water partition coefficient (Wildman–Crippen LogP) is 2.50. The Bertz CT molecular complexity index is 1040. The van der Waals surface area contributed by atoms with E-state index in [4.69, 9.17) is 4.74 Å². The number of hydrogen-bond acceptors (Lipinski definition) is 5. The Morgan fingerprint density at radius 3 is 2.42 bits per heavy atom. The molecule has 1 aliphatic rings. The summed E-state index contributed by atoms with van der Waals surface area (Å²) < 4.78 is 46.3. The van der Waals surface area contributed by atoms with Crippen LogP contribution in [0.2, 0.25) is 0 Å². The second-order valence-electron chi connectivity index (χ2n) is 7.44. The summed E-state index contributed by atoms with van der Waals surface area (Å²) in [5.41, 5.74) is 1.23. The first kappa shape index (κ1) is 23.0. The average molecular weight is 450 g/mol. The van der Waals surface area contributed by atoms with Gasteiger partial charge in [0, 0.05) is 33.2 Å². The van der Waals surface area contributed by atoms with Gasteiger partial charge in [-0.05, 0) is 49.7 Å². The third-order valence-electron chi connectivity index (χ3n) is 5.34. The second-order valence-corrected chi connectivity index (χ2v) is 9.49. The van der Waals surface area contributed by atoms with Crippen molar-refractivity contribution in [1.29, 1.82) is 0 Å². The molecule has 168 valence electrons. The molecule has 0 radical (unpaired) electrons. The van der Waals surface area contributed by atoms with Crippen molar-refractivity contribution in [2.24, 2.45) is 0 Å². The number of aryl methyl sites for hydroxylation is 1. The van der Waals surface area contributed by atoms with Gasteiger partial charge in [0.2, 0.25) is 15.9 Å². The molecule has 0 aliphatic carbocycles. The number of nitrogens with zero attached hydrogens (tertiary/aromatic N) is 3. The molecule has 0 N–H and O–H groups in total. The third-order valence-corrected chi connectivity index (χ3v) is 7.14. The number of sulfonamides is 1. The lowest BCUT2D eigenvalue weighted by Crippen LogP contribution is -2.51. The number of anilines is 1. The van der Waals surface area contributed by atoms with Crippen molar-refractivity contribution in [2.45, 2.75) is 18.7 Å². The summed E-state index contributed by atoms with van der Waals surface area (Å²) >= 11 is 0. The highest BCUT2D eigenvalue weighted by molar-refractivity contribution is 7.89. The van der Waals surface area contributed by atoms with Gasteiger partial charge in [0.25, 0.3) is 0 Å². The predicted molar refractivity (Wildman–Crippen MR) is 117 cm³/mol. The average Bonchev–Trinajstić information content (AvgIpc) is 2.75. The maximum atomic E-state index is 14.0. The molecule has 1 aliphatic heterocycles. The lowest BCUT2D eigenvalue weighted by atomic mass is 10.2. The van der Waals surface area contributed by atoms with E-state index in [1.807, 2.05) is 11.8 Å². The van der Waals surface area contributed by atoms with Crippen molar-refractivity contribution in [3.05, 3.63) is 53.8 Å². The maximum absolute atomic E-state index is 14.0. The fourth-order valence-corrected chi connectivity index (χ4v) is 4.77. The zero-order chi connectivity index (χ0) is 22.6. The summed E-state index contributed by atoms with van der Waals surface area (Å²) in [5.74, 6) is 0.0635. The molecule has 0 bridgehead atoms. The van der Waals surface area contributed by atoms with E-state index in [-0.39, 0.29) is 23.2 Å². The summed E-state index contributed by atoms with van der Waals surface area (Å²) in [6.07, 6.45) is 0. The van der Waals surface area contributed by atoms with Crippen LogP contribution in [0.25, 0.3) is 0 Å². The molecule has 0 unspecified atom stereocenters. The van der Waals surface area contributed by atoms with Crippen LogP contribution in [-0.2, 0) is 14.8 Å². The number of hydrogen-bond donors (Lipinski definition) is 0. The Morgan fingerprint density at radius 1 is 1.13 bits per heavy atom. The van der Waals surface area contributed by atoms with Gasteiger partial charge < -0.3 is 14.5 Å². The largest absolute Gasteiger partial charge is 0.494 e. The molecule has 2 aromatic carbocycles. The summed E-state index contributed by atoms with van der Waals surface area (Å²) in [4.78, 5) is 16.3. The van der Waals surface area contributed by atoms with Crippen molar-refractivity contribution in [2.75, 3.05) is 51.3 Å². The Morgan fingerprint density at radius 2 is 1.81 bits per heavy atom. The summed E-state index contributed by atoms with van der Waals surface area (Å²) in [6, 6.07) is 11.2. The second kappa shape index (κ2) is 9.65. The van der Waals surface area contributed by atoms with E-state index in [0.29, 0.717) is 49.8 Å². The molecular formula is C22H28FN3O4S. The quantitative estimate of drug-likeness (QED) is 0.650. The molecule has 1 saturated heterocycles. The first-order chi connectivity index (χ1) is 14.7. The van der Waals surface area contributed by atoms with Crippen LogP contribution in [-0.4, -0.2) is 69.9 Å². The van der Waals surface area contributed by atoms with E-state index in [9.17, 15) is 17.6 Å². The van der Waals surface area contributed by atoms with E-state index in [2.05, 4.69) is 0 Å². The number of amides is 1. The van der Waals surface area contributed by atoms with Crippen LogP contribution in [0, 0.1) is 12.7 Å². The SMILES string of the molecule is CCOc1ccc(S(=O)(=O)N(C)CC(=O)N2CCN(c3ccccc3F)CC2)cc1C. The molecule has 31 heavy (non-hydrogen) atoms. The first-order valence-electron chi connectivity index (χ1n) is 10.2. The van der Waals surface area contributed by atoms with Gasteiger partial charge in [0.1, 0.15) is 11.6 Å². The molecular weight excluding hydrogens is 421 g/mol. The van der Waals surface area contributed by atoms with E-state index in [1.54, 1.807) is 42.2 Å². The Balaban J connectivity index is 1.61. The Labute approximate surface area is 183 Å². The molecule has 0 spiro atoms. The highest BCUT2D eigenvalue weighted by atomic mass is 32.2. The molecule has 0 saturated carbocycles. The van der Waals surface area contributed by atoms with Crippen LogP contribution < -0.4 is 9.64 Å². The maximum Gasteiger partial charge on any atom is 0.243 e. The number of rotatable bonds is 7. The molecule has 9 heteroatoms. The minimum Gasteiger partial charge on any atom is -0.494 e. The number of ether oxygens (including phenoxy) is 1. The van der Waals surface area contributed by atoms with Crippen LogP contribution in [0.5, 0.6) is 5.75 Å². The highest BCUT2D eigenvalue weighted by Crippen LogP contribution is 2.24. The Kier molecular flexibility index (Phi) is 7.17. The van der Waals surface area contributed by atoms with Crippen LogP contribution in [0.3, 0.4) is 0 Å². The number of benzene rings is 2. The standard InChI is InChI=1S/C22H28FN3O4S/c1-4-30-21-10-9-18(15-17(21)2)31(28,29)24(3)16-22(27)26-13-11-25(12-14-26)20-8-6-5-7-19(20)23/h5-10,15H,4,11-14,16H2,1-3H3. The van der Waals surface area contributed by atoms with Crippen LogP contribution >= 0.6 is 0 Å². The number of piperazine rings is 1. The monoisotopic (exact) mass is 449 g/mol. The van der Waals surface area contributed by atoms with E-state index in [1.165, 1.54) is 19.2 Å². The third kappa shape index (κ3) is 5.16. The Hall–Kier alpha value is -2.65. The van der Waals surface area contributed by atoms with E-state index >= 15 is 0 Å². The topological polar surface area (TPSA) is 70.2 Å². The number of para-hydroxylation sites is 1. The molecule has 1 fully saturated rings. The van der Waals surface area contributed by atoms with Gasteiger partial charge in [-0.3, -0.25) is 4.79 Å². The van der Waals surface area contributed by atoms with Crippen molar-refractivity contribution in [3.63, 3.8) is 0 Å². The van der Waals surface area contributed by atoms with Gasteiger partial charge in [-0.25, -0.2) is 12.8 Å². The minimum absolute atomic E-state index is 0.119. The van der Waals surface area contributed by atoms with E-state index < -0.39 is 10.0 Å². The van der Waals surface area contributed by atoms with Crippen LogP contribution in [0.4, 0.5) is 10.1 Å². The molecule has 0 aromatic heterocycles. The van der Waals surface area contributed by atoms with Crippen LogP contribution in [0.15, 0.2) is 47.4 Å². The number of carbonyl (C=O) groups excluding carboxylic acids is 1. The fourth-order valence-electron chi connectivity index (χ4n) is 3.56. The van der Waals surface area contributed by atoms with Gasteiger partial charge in [-0.15, -0.1) is 0 Å². The van der Waals surface area contributed by atoms with Crippen molar-refractivity contribution in [3.8, 4) is 5.75 Å². The summed E-state index contributed by atoms with van der Waals surface area (Å²) in [7, 11) is -2.42. The molecule has 7 nitrogen and oxygen atoms in total. The molecule has 1 heterocycles. The number of likely N-dealkylation sites (N-methyl/N-ethyl adjacent to an activating group) is 1. The van der Waals surface area contributed by atoms with Gasteiger partial charge in [0.15, 0.2) is 0 Å². The highest BCUT2D eigenvalue weighted by Gasteiger charge is 2.28. The number of carbonyl (C=O) groups is 1. The summed E-state index contributed by atoms with van der Waals surface area (Å²) in [6.45, 7) is 5.67. The fraction of sp³-hybridized carbons (Fsp3) is 0.409. The lowest BCUT2D eigenvalue weighted by molar-refractivity contribution is -0.131. The zero-order valence-corrected chi connectivity index (χ0v) is 18.9. The normalized spacial score (nSPS) is 14.7. The van der Waals surface area contributed by atoms with Crippen molar-refractivity contribution in [1.82, 2.24) is 9.21 Å². The van der Waals surface area contributed by atoms with Gasteiger partial charge >= 0.3 is 0 Å². The summed E-state index contributed by atoms with van der Waals surface area (Å²) in [5, 5.41) is 0. The molecule has 0 atom stereocenters. The molecule has 2 aromatic rings. The molecule has 1 amide bonds. The lowest BCUT2D eigenvalue weighted by Gasteiger charge is -2.36. The van der Waals surface area contributed by atoms with Crippen molar-refractivity contribution < 1.29 is 22.3 Å². The smallest absolute Gasteiger partial charge is 0.243 e. The minimum atomic E-state index is -3.82. The van der Waals surface area contributed by atoms with Gasteiger partial charge in [-0.2, -0.15) is 4.31 Å². The molecule has 3 rings (SSSR count). The number of halogens is 1. The van der Waals surface area contributed by atoms with Crippen LogP contribution in [0.1, 0.15) is 12.5 Å². The first-order valence-corrected chi connectivity index (χ1v) is 11.6. The van der Waals surface area contributed by atoms with Gasteiger partial charge in [0.05, 0.1) is 23.7 Å². The van der Waals surface area contributed by atoms with E-state index in [0.717, 1.165) is 4.31 Å². The zero-order valence-electron chi connectivity index (χ0n) is 18.0. The van der Waals surface area contributed by atoms with Crippen molar-refractivity contribution >= 4 is 21.6 Å². The van der Waals surface area contributed by atoms with Gasteiger partial charge in [-0.1, -0.05) is 12.1 Å².